The van der Waals surface area contributed by atoms with Gasteiger partial charge in [0.05, 0.1) is 6.10 Å². The molecule has 2 rings (SSSR count). The quantitative estimate of drug-likeness (QED) is 0.780. The average Bonchev–Trinajstić information content (AvgIpc) is 2.82. The van der Waals surface area contributed by atoms with Gasteiger partial charge in [0.15, 0.2) is 0 Å². The number of ether oxygens (including phenoxy) is 1. The maximum Gasteiger partial charge on any atom is 0.251 e. The first kappa shape index (κ1) is 13.8. The van der Waals surface area contributed by atoms with Gasteiger partial charge >= 0.3 is 0 Å². The number of nitrogens with two attached hydrogens (primary N) is 1. The van der Waals surface area contributed by atoms with Crippen LogP contribution in [0.1, 0.15) is 51.9 Å². The van der Waals surface area contributed by atoms with Crippen LogP contribution in [-0.4, -0.2) is 42.1 Å². The molecule has 1 heterocycles. The minimum Gasteiger partial charge on any atom is -0.364 e. The summed E-state index contributed by atoms with van der Waals surface area (Å²) in [7, 11) is 0. The van der Waals surface area contributed by atoms with Crippen LogP contribution in [0.3, 0.4) is 0 Å². The summed E-state index contributed by atoms with van der Waals surface area (Å²) in [6.45, 7) is 3.66. The van der Waals surface area contributed by atoms with Gasteiger partial charge in [-0.05, 0) is 32.6 Å². The maximum absolute atomic E-state index is 12.2. The van der Waals surface area contributed by atoms with Gasteiger partial charge in [0.1, 0.15) is 6.10 Å². The molecule has 0 aromatic rings. The molecular formula is C14H26N2O2. The Morgan fingerprint density at radius 1 is 1.17 bits per heavy atom. The Morgan fingerprint density at radius 2 is 1.83 bits per heavy atom. The van der Waals surface area contributed by atoms with Crippen LogP contribution in [0.2, 0.25) is 0 Å². The number of carbonyl (C=O) groups is 1. The molecule has 0 aromatic heterocycles. The molecule has 1 saturated carbocycles. The predicted molar refractivity (Wildman–Crippen MR) is 71.2 cm³/mol. The van der Waals surface area contributed by atoms with Crippen LogP contribution in [0.25, 0.3) is 0 Å². The molecule has 0 radical (unpaired) electrons. The predicted octanol–water partition coefficient (Wildman–Crippen LogP) is 1.67. The van der Waals surface area contributed by atoms with Gasteiger partial charge in [-0.1, -0.05) is 19.3 Å². The van der Waals surface area contributed by atoms with Gasteiger partial charge in [-0.15, -0.1) is 0 Å². The summed E-state index contributed by atoms with van der Waals surface area (Å²) in [6, 6.07) is 0.0985. The van der Waals surface area contributed by atoms with Gasteiger partial charge in [0.2, 0.25) is 0 Å². The van der Waals surface area contributed by atoms with Gasteiger partial charge in [0.25, 0.3) is 5.91 Å². The van der Waals surface area contributed by atoms with Crippen LogP contribution in [-0.2, 0) is 9.53 Å². The number of hydrogen-bond donors (Lipinski definition) is 1. The number of amides is 1. The molecule has 1 amide bonds. The van der Waals surface area contributed by atoms with E-state index in [-0.39, 0.29) is 24.2 Å². The summed E-state index contributed by atoms with van der Waals surface area (Å²) in [6.07, 6.45) is 7.60. The fourth-order valence-electron chi connectivity index (χ4n) is 2.99. The molecule has 3 unspecified atom stereocenters. The van der Waals surface area contributed by atoms with Crippen molar-refractivity contribution in [3.8, 4) is 0 Å². The lowest BCUT2D eigenvalue weighted by Crippen LogP contribution is -2.43. The standard InChI is InChI=1S/C14H26N2O2/c1-11(14(17)16-9-5-6-10-16)18-13-8-4-2-3-7-12(13)15/h11-13H,2-10,15H2,1H3. The minimum atomic E-state index is -0.336. The third kappa shape index (κ3) is 3.45. The van der Waals surface area contributed by atoms with E-state index < -0.39 is 0 Å². The Labute approximate surface area is 110 Å². The number of rotatable bonds is 3. The van der Waals surface area contributed by atoms with Crippen molar-refractivity contribution in [3.63, 3.8) is 0 Å². The zero-order valence-corrected chi connectivity index (χ0v) is 11.4. The number of carbonyl (C=O) groups excluding carboxylic acids is 1. The van der Waals surface area contributed by atoms with E-state index in [0.717, 1.165) is 38.8 Å². The smallest absolute Gasteiger partial charge is 0.251 e. The second kappa shape index (κ2) is 6.53. The van der Waals surface area contributed by atoms with E-state index in [2.05, 4.69) is 0 Å². The molecule has 104 valence electrons. The lowest BCUT2D eigenvalue weighted by Gasteiger charge is -2.27. The molecule has 2 aliphatic rings. The van der Waals surface area contributed by atoms with E-state index in [1.807, 2.05) is 11.8 Å². The van der Waals surface area contributed by atoms with E-state index in [1.165, 1.54) is 19.3 Å². The fraction of sp³-hybridized carbons (Fsp3) is 0.929. The van der Waals surface area contributed by atoms with Crippen LogP contribution < -0.4 is 5.73 Å². The summed E-state index contributed by atoms with van der Waals surface area (Å²) in [5.41, 5.74) is 6.13. The molecule has 1 aliphatic heterocycles. The topological polar surface area (TPSA) is 55.6 Å². The highest BCUT2D eigenvalue weighted by molar-refractivity contribution is 5.80. The average molecular weight is 254 g/mol. The molecule has 3 atom stereocenters. The molecule has 1 saturated heterocycles. The summed E-state index contributed by atoms with van der Waals surface area (Å²) < 4.78 is 5.94. The number of hydrogen-bond acceptors (Lipinski definition) is 3. The second-order valence-corrected chi connectivity index (χ2v) is 5.65. The van der Waals surface area contributed by atoms with Crippen molar-refractivity contribution in [2.45, 2.75) is 70.1 Å². The highest BCUT2D eigenvalue weighted by Crippen LogP contribution is 2.21. The summed E-state index contributed by atoms with van der Waals surface area (Å²) in [5, 5.41) is 0. The molecular weight excluding hydrogens is 228 g/mol. The minimum absolute atomic E-state index is 0.0639. The third-order valence-corrected chi connectivity index (χ3v) is 4.15. The van der Waals surface area contributed by atoms with Crippen molar-refractivity contribution >= 4 is 5.91 Å². The first-order chi connectivity index (χ1) is 8.68. The Morgan fingerprint density at radius 3 is 2.56 bits per heavy atom. The zero-order valence-electron chi connectivity index (χ0n) is 11.4. The third-order valence-electron chi connectivity index (χ3n) is 4.15. The molecule has 18 heavy (non-hydrogen) atoms. The van der Waals surface area contributed by atoms with E-state index in [9.17, 15) is 4.79 Å². The van der Waals surface area contributed by atoms with Crippen molar-refractivity contribution in [1.82, 2.24) is 4.90 Å². The van der Waals surface area contributed by atoms with Gasteiger partial charge in [-0.2, -0.15) is 0 Å². The lowest BCUT2D eigenvalue weighted by molar-refractivity contribution is -0.146. The van der Waals surface area contributed by atoms with E-state index in [1.54, 1.807) is 0 Å². The van der Waals surface area contributed by atoms with Crippen molar-refractivity contribution in [2.24, 2.45) is 5.73 Å². The molecule has 4 heteroatoms. The Balaban J connectivity index is 1.84. The summed E-state index contributed by atoms with van der Waals surface area (Å²) in [4.78, 5) is 14.1. The van der Waals surface area contributed by atoms with Gasteiger partial charge < -0.3 is 15.4 Å². The normalized spacial score (nSPS) is 31.1. The van der Waals surface area contributed by atoms with Crippen LogP contribution in [0, 0.1) is 0 Å². The monoisotopic (exact) mass is 254 g/mol. The fourth-order valence-corrected chi connectivity index (χ4v) is 2.99. The van der Waals surface area contributed by atoms with Crippen molar-refractivity contribution in [1.29, 1.82) is 0 Å². The largest absolute Gasteiger partial charge is 0.364 e. The lowest BCUT2D eigenvalue weighted by atomic mass is 10.1. The van der Waals surface area contributed by atoms with Crippen LogP contribution >= 0.6 is 0 Å². The number of likely N-dealkylation sites (tertiary alicyclic amines) is 1. The SMILES string of the molecule is CC(OC1CCCCCC1N)C(=O)N1CCCC1. The van der Waals surface area contributed by atoms with E-state index in [4.69, 9.17) is 10.5 Å². The first-order valence-electron chi connectivity index (χ1n) is 7.38. The Bertz CT molecular complexity index is 277. The summed E-state index contributed by atoms with van der Waals surface area (Å²) in [5.74, 6) is 0.143. The van der Waals surface area contributed by atoms with Gasteiger partial charge in [0, 0.05) is 19.1 Å². The van der Waals surface area contributed by atoms with Crippen molar-refractivity contribution in [3.05, 3.63) is 0 Å². The molecule has 2 fully saturated rings. The molecule has 4 nitrogen and oxygen atoms in total. The van der Waals surface area contributed by atoms with Crippen LogP contribution in [0.4, 0.5) is 0 Å². The highest BCUT2D eigenvalue weighted by Gasteiger charge is 2.28. The summed E-state index contributed by atoms with van der Waals surface area (Å²) >= 11 is 0. The second-order valence-electron chi connectivity index (χ2n) is 5.65. The number of nitrogens with zero attached hydrogens (tertiary/aromatic N) is 1. The van der Waals surface area contributed by atoms with E-state index >= 15 is 0 Å². The highest BCUT2D eigenvalue weighted by atomic mass is 16.5. The van der Waals surface area contributed by atoms with Gasteiger partial charge in [-0.25, -0.2) is 0 Å². The van der Waals surface area contributed by atoms with Crippen molar-refractivity contribution < 1.29 is 9.53 Å². The molecule has 0 spiro atoms. The molecule has 2 N–H and O–H groups in total. The Kier molecular flexibility index (Phi) is 5.01. The van der Waals surface area contributed by atoms with E-state index in [0.29, 0.717) is 0 Å². The van der Waals surface area contributed by atoms with Crippen LogP contribution in [0.15, 0.2) is 0 Å². The van der Waals surface area contributed by atoms with Gasteiger partial charge in [-0.3, -0.25) is 4.79 Å². The first-order valence-corrected chi connectivity index (χ1v) is 7.38. The Hall–Kier alpha value is -0.610. The van der Waals surface area contributed by atoms with Crippen molar-refractivity contribution in [2.75, 3.05) is 13.1 Å². The molecule has 0 aromatic carbocycles. The molecule has 0 bridgehead atoms. The molecule has 1 aliphatic carbocycles. The zero-order chi connectivity index (χ0) is 13.0. The van der Waals surface area contributed by atoms with Crippen LogP contribution in [0.5, 0.6) is 0 Å². The maximum atomic E-state index is 12.2.